The summed E-state index contributed by atoms with van der Waals surface area (Å²) in [5.74, 6) is 1.48. The SMILES string of the molecule is Cc1ccc([C@H](C)NC(=O)N2CCc3cnc(CC4CCOCC4)nc3C2)cn1. The van der Waals surface area contributed by atoms with Gasteiger partial charge in [-0.3, -0.25) is 4.98 Å². The predicted octanol–water partition coefficient (Wildman–Crippen LogP) is 2.98. The van der Waals surface area contributed by atoms with Gasteiger partial charge in [-0.2, -0.15) is 0 Å². The first-order valence-corrected chi connectivity index (χ1v) is 10.5. The van der Waals surface area contributed by atoms with E-state index in [2.05, 4.69) is 15.3 Å². The molecule has 7 heteroatoms. The Kier molecular flexibility index (Phi) is 6.04. The Morgan fingerprint density at radius 2 is 2.10 bits per heavy atom. The number of nitrogens with one attached hydrogen (secondary N) is 1. The van der Waals surface area contributed by atoms with Gasteiger partial charge >= 0.3 is 6.03 Å². The first kappa shape index (κ1) is 19.8. The third-order valence-electron chi connectivity index (χ3n) is 5.87. The highest BCUT2D eigenvalue weighted by molar-refractivity contribution is 5.75. The van der Waals surface area contributed by atoms with Gasteiger partial charge in [0.2, 0.25) is 0 Å². The molecule has 2 aromatic heterocycles. The monoisotopic (exact) mass is 395 g/mol. The molecule has 0 aliphatic carbocycles. The second-order valence-electron chi connectivity index (χ2n) is 8.09. The van der Waals surface area contributed by atoms with E-state index in [-0.39, 0.29) is 12.1 Å². The molecule has 0 unspecified atom stereocenters. The summed E-state index contributed by atoms with van der Waals surface area (Å²) in [6.07, 6.45) is 7.59. The highest BCUT2D eigenvalue weighted by atomic mass is 16.5. The van der Waals surface area contributed by atoms with Gasteiger partial charge in [0.05, 0.1) is 18.3 Å². The van der Waals surface area contributed by atoms with Gasteiger partial charge in [0.25, 0.3) is 0 Å². The lowest BCUT2D eigenvalue weighted by Gasteiger charge is -2.30. The molecular weight excluding hydrogens is 366 g/mol. The second kappa shape index (κ2) is 8.86. The van der Waals surface area contributed by atoms with Crippen LogP contribution >= 0.6 is 0 Å². The number of aryl methyl sites for hydroxylation is 1. The summed E-state index contributed by atoms with van der Waals surface area (Å²) in [5.41, 5.74) is 4.10. The second-order valence-corrected chi connectivity index (χ2v) is 8.09. The summed E-state index contributed by atoms with van der Waals surface area (Å²) >= 11 is 0. The van der Waals surface area contributed by atoms with E-state index in [0.717, 1.165) is 67.2 Å². The van der Waals surface area contributed by atoms with Crippen molar-refractivity contribution in [2.24, 2.45) is 5.92 Å². The van der Waals surface area contributed by atoms with E-state index in [1.807, 2.05) is 43.3 Å². The van der Waals surface area contributed by atoms with Gasteiger partial charge in [0.15, 0.2) is 0 Å². The quantitative estimate of drug-likeness (QED) is 0.861. The molecule has 0 radical (unpaired) electrons. The number of ether oxygens (including phenoxy) is 1. The largest absolute Gasteiger partial charge is 0.381 e. The molecule has 0 saturated carbocycles. The molecule has 4 rings (SSSR count). The van der Waals surface area contributed by atoms with Crippen molar-refractivity contribution in [1.29, 1.82) is 0 Å². The van der Waals surface area contributed by atoms with Crippen LogP contribution in [0.1, 0.15) is 54.1 Å². The van der Waals surface area contributed by atoms with Crippen LogP contribution in [-0.2, 0) is 24.1 Å². The fourth-order valence-electron chi connectivity index (χ4n) is 3.92. The number of nitrogens with zero attached hydrogens (tertiary/aromatic N) is 4. The van der Waals surface area contributed by atoms with Gasteiger partial charge in [-0.15, -0.1) is 0 Å². The summed E-state index contributed by atoms with van der Waals surface area (Å²) in [4.78, 5) is 28.3. The lowest BCUT2D eigenvalue weighted by Crippen LogP contribution is -2.44. The number of rotatable bonds is 4. The Morgan fingerprint density at radius 1 is 1.28 bits per heavy atom. The van der Waals surface area contributed by atoms with E-state index in [0.29, 0.717) is 19.0 Å². The highest BCUT2D eigenvalue weighted by Crippen LogP contribution is 2.21. The van der Waals surface area contributed by atoms with Crippen LogP contribution in [0.25, 0.3) is 0 Å². The molecule has 1 atom stereocenters. The molecule has 0 spiro atoms. The smallest absolute Gasteiger partial charge is 0.318 e. The number of aromatic nitrogens is 3. The van der Waals surface area contributed by atoms with Gasteiger partial charge < -0.3 is 15.0 Å². The topological polar surface area (TPSA) is 80.2 Å². The van der Waals surface area contributed by atoms with Crippen LogP contribution in [0.5, 0.6) is 0 Å². The number of carbonyl (C=O) groups is 1. The molecule has 2 amide bonds. The number of fused-ring (bicyclic) bond motifs is 1. The molecule has 1 N–H and O–H groups in total. The lowest BCUT2D eigenvalue weighted by atomic mass is 9.96. The van der Waals surface area contributed by atoms with E-state index >= 15 is 0 Å². The van der Waals surface area contributed by atoms with Gasteiger partial charge in [-0.25, -0.2) is 14.8 Å². The minimum atomic E-state index is -0.0912. The molecule has 0 bridgehead atoms. The molecule has 29 heavy (non-hydrogen) atoms. The van der Waals surface area contributed by atoms with Crippen LogP contribution in [0.2, 0.25) is 0 Å². The molecule has 4 heterocycles. The number of carbonyl (C=O) groups excluding carboxylic acids is 1. The van der Waals surface area contributed by atoms with E-state index in [1.165, 1.54) is 0 Å². The number of hydrogen-bond acceptors (Lipinski definition) is 5. The molecule has 2 aromatic rings. The van der Waals surface area contributed by atoms with Gasteiger partial charge in [0.1, 0.15) is 5.82 Å². The fraction of sp³-hybridized carbons (Fsp3) is 0.545. The maximum Gasteiger partial charge on any atom is 0.318 e. The Bertz CT molecular complexity index is 849. The van der Waals surface area contributed by atoms with Crippen LogP contribution in [-0.4, -0.2) is 45.6 Å². The molecular formula is C22H29N5O2. The molecule has 1 saturated heterocycles. The van der Waals surface area contributed by atoms with Crippen LogP contribution in [0.4, 0.5) is 4.79 Å². The van der Waals surface area contributed by atoms with Crippen LogP contribution in [0, 0.1) is 12.8 Å². The summed E-state index contributed by atoms with van der Waals surface area (Å²) in [6, 6.07) is 3.82. The number of hydrogen-bond donors (Lipinski definition) is 1. The van der Waals surface area contributed by atoms with E-state index in [4.69, 9.17) is 9.72 Å². The van der Waals surface area contributed by atoms with E-state index in [9.17, 15) is 4.79 Å². The average Bonchev–Trinajstić information content (AvgIpc) is 2.74. The van der Waals surface area contributed by atoms with Crippen molar-refractivity contribution in [3.05, 3.63) is 52.9 Å². The number of urea groups is 1. The Hall–Kier alpha value is -2.54. The first-order valence-electron chi connectivity index (χ1n) is 10.5. The van der Waals surface area contributed by atoms with E-state index in [1.54, 1.807) is 0 Å². The Morgan fingerprint density at radius 3 is 2.86 bits per heavy atom. The third-order valence-corrected chi connectivity index (χ3v) is 5.87. The fourth-order valence-corrected chi connectivity index (χ4v) is 3.92. The zero-order valence-corrected chi connectivity index (χ0v) is 17.2. The van der Waals surface area contributed by atoms with Crippen molar-refractivity contribution in [3.8, 4) is 0 Å². The van der Waals surface area contributed by atoms with Crippen LogP contribution in [0.3, 0.4) is 0 Å². The molecule has 2 aliphatic rings. The maximum atomic E-state index is 12.8. The van der Waals surface area contributed by atoms with Gasteiger partial charge in [0, 0.05) is 44.3 Å². The molecule has 0 aromatic carbocycles. The average molecular weight is 396 g/mol. The van der Waals surface area contributed by atoms with Crippen molar-refractivity contribution in [3.63, 3.8) is 0 Å². The van der Waals surface area contributed by atoms with Crippen molar-refractivity contribution in [2.45, 2.75) is 52.1 Å². The molecule has 7 nitrogen and oxygen atoms in total. The molecule has 154 valence electrons. The normalized spacial score (nSPS) is 18.2. The first-order chi connectivity index (χ1) is 14.1. The van der Waals surface area contributed by atoms with Crippen molar-refractivity contribution < 1.29 is 9.53 Å². The zero-order valence-electron chi connectivity index (χ0n) is 17.2. The predicted molar refractivity (Wildman–Crippen MR) is 109 cm³/mol. The summed E-state index contributed by atoms with van der Waals surface area (Å²) in [7, 11) is 0. The lowest BCUT2D eigenvalue weighted by molar-refractivity contribution is 0.0659. The standard InChI is InChI=1S/C22H29N5O2/c1-15-3-4-18(12-23-15)16(2)25-22(28)27-8-5-19-13-24-21(26-20(19)14-27)11-17-6-9-29-10-7-17/h3-4,12-13,16-17H,5-11,14H2,1-2H3,(H,25,28)/t16-/m0/s1. The summed E-state index contributed by atoms with van der Waals surface area (Å²) in [5, 5.41) is 3.09. The summed E-state index contributed by atoms with van der Waals surface area (Å²) in [6.45, 7) is 6.81. The molecule has 2 aliphatic heterocycles. The van der Waals surface area contributed by atoms with Crippen molar-refractivity contribution >= 4 is 6.03 Å². The van der Waals surface area contributed by atoms with Crippen molar-refractivity contribution in [2.75, 3.05) is 19.8 Å². The molecule has 1 fully saturated rings. The van der Waals surface area contributed by atoms with Crippen LogP contribution < -0.4 is 5.32 Å². The summed E-state index contributed by atoms with van der Waals surface area (Å²) < 4.78 is 5.44. The Labute approximate surface area is 171 Å². The highest BCUT2D eigenvalue weighted by Gasteiger charge is 2.24. The van der Waals surface area contributed by atoms with E-state index < -0.39 is 0 Å². The van der Waals surface area contributed by atoms with Crippen molar-refractivity contribution in [1.82, 2.24) is 25.2 Å². The number of amides is 2. The maximum absolute atomic E-state index is 12.8. The van der Waals surface area contributed by atoms with Crippen LogP contribution in [0.15, 0.2) is 24.5 Å². The minimum Gasteiger partial charge on any atom is -0.381 e. The Balaban J connectivity index is 1.38. The van der Waals surface area contributed by atoms with Gasteiger partial charge in [-0.1, -0.05) is 6.07 Å². The van der Waals surface area contributed by atoms with Gasteiger partial charge in [-0.05, 0) is 56.2 Å². The third kappa shape index (κ3) is 4.90. The zero-order chi connectivity index (χ0) is 20.2. The number of pyridine rings is 1. The minimum absolute atomic E-state index is 0.0617.